The summed E-state index contributed by atoms with van der Waals surface area (Å²) in [6.07, 6.45) is -4.68. The maximum Gasteiger partial charge on any atom is 0.416 e. The van der Waals surface area contributed by atoms with E-state index >= 15 is 0 Å². The maximum atomic E-state index is 12.6. The van der Waals surface area contributed by atoms with Gasteiger partial charge in [0.15, 0.2) is 0 Å². The quantitative estimate of drug-likeness (QED) is 0.866. The first-order valence-corrected chi connectivity index (χ1v) is 5.66. The Balaban J connectivity index is 2.42. The van der Waals surface area contributed by atoms with Gasteiger partial charge < -0.3 is 15.1 Å². The Labute approximate surface area is 107 Å². The average molecular weight is 275 g/mol. The number of alkyl halides is 3. The molecule has 1 atom stereocenters. The van der Waals surface area contributed by atoms with Crippen molar-refractivity contribution < 1.29 is 28.2 Å². The fraction of sp³-hybridized carbons (Fsp3) is 0.417. The Morgan fingerprint density at radius 2 is 2.05 bits per heavy atom. The van der Waals surface area contributed by atoms with Gasteiger partial charge in [0.2, 0.25) is 0 Å². The lowest BCUT2D eigenvalue weighted by molar-refractivity contribution is -0.137. The molecule has 104 valence electrons. The number of benzene rings is 1. The van der Waals surface area contributed by atoms with Crippen LogP contribution in [0.3, 0.4) is 0 Å². The van der Waals surface area contributed by atoms with Crippen LogP contribution in [0.4, 0.5) is 18.9 Å². The number of carboxylic acids is 1. The highest BCUT2D eigenvalue weighted by molar-refractivity contribution is 5.94. The van der Waals surface area contributed by atoms with Crippen molar-refractivity contribution in [3.05, 3.63) is 29.3 Å². The van der Waals surface area contributed by atoms with Crippen LogP contribution in [0.5, 0.6) is 0 Å². The predicted octanol–water partition coefficient (Wildman–Crippen LogP) is 1.97. The van der Waals surface area contributed by atoms with E-state index in [1.54, 1.807) is 4.90 Å². The van der Waals surface area contributed by atoms with Crippen LogP contribution in [0.1, 0.15) is 22.3 Å². The van der Waals surface area contributed by atoms with E-state index in [0.717, 1.165) is 12.1 Å². The average Bonchev–Trinajstić information content (AvgIpc) is 2.73. The number of aliphatic hydroxyl groups excluding tert-OH is 1. The summed E-state index contributed by atoms with van der Waals surface area (Å²) in [6.45, 7) is 0.651. The van der Waals surface area contributed by atoms with Crippen molar-refractivity contribution in [1.82, 2.24) is 0 Å². The Hall–Kier alpha value is -1.76. The Kier molecular flexibility index (Phi) is 3.40. The number of rotatable bonds is 2. The van der Waals surface area contributed by atoms with Gasteiger partial charge in [-0.3, -0.25) is 0 Å². The van der Waals surface area contributed by atoms with Crippen LogP contribution in [-0.4, -0.2) is 35.4 Å². The predicted molar refractivity (Wildman–Crippen MR) is 61.2 cm³/mol. The molecule has 1 aromatic rings. The van der Waals surface area contributed by atoms with Gasteiger partial charge in [0.05, 0.1) is 22.9 Å². The zero-order valence-electron chi connectivity index (χ0n) is 9.81. The third-order valence-electron chi connectivity index (χ3n) is 3.06. The summed E-state index contributed by atoms with van der Waals surface area (Å²) in [7, 11) is 0. The number of nitrogens with zero attached hydrogens (tertiary/aromatic N) is 1. The van der Waals surface area contributed by atoms with Crippen LogP contribution < -0.4 is 4.90 Å². The molecule has 0 amide bonds. The monoisotopic (exact) mass is 275 g/mol. The molecule has 0 bridgehead atoms. The molecule has 1 aliphatic rings. The van der Waals surface area contributed by atoms with Crippen molar-refractivity contribution in [2.24, 2.45) is 0 Å². The molecule has 0 saturated carbocycles. The minimum Gasteiger partial charge on any atom is -0.478 e. The third kappa shape index (κ3) is 2.81. The molecule has 1 heterocycles. The van der Waals surface area contributed by atoms with Gasteiger partial charge in [-0.25, -0.2) is 4.79 Å². The van der Waals surface area contributed by atoms with E-state index < -0.39 is 29.4 Å². The van der Waals surface area contributed by atoms with Gasteiger partial charge in [-0.05, 0) is 24.6 Å². The number of anilines is 1. The highest BCUT2D eigenvalue weighted by Crippen LogP contribution is 2.33. The molecular formula is C12H12F3NO3. The molecule has 0 radical (unpaired) electrons. The van der Waals surface area contributed by atoms with Crippen molar-refractivity contribution in [2.45, 2.75) is 18.7 Å². The largest absolute Gasteiger partial charge is 0.478 e. The molecular weight excluding hydrogens is 263 g/mol. The van der Waals surface area contributed by atoms with E-state index in [4.69, 9.17) is 5.11 Å². The minimum absolute atomic E-state index is 0.206. The minimum atomic E-state index is -4.58. The summed E-state index contributed by atoms with van der Waals surface area (Å²) < 4.78 is 37.7. The number of carbonyl (C=O) groups is 1. The molecule has 7 heteroatoms. The molecule has 2 N–H and O–H groups in total. The van der Waals surface area contributed by atoms with Crippen molar-refractivity contribution in [1.29, 1.82) is 0 Å². The summed E-state index contributed by atoms with van der Waals surface area (Å²) in [4.78, 5) is 12.7. The lowest BCUT2D eigenvalue weighted by Crippen LogP contribution is -2.24. The van der Waals surface area contributed by atoms with E-state index in [1.165, 1.54) is 0 Å². The SMILES string of the molecule is O=C(O)c1cc(C(F)(F)F)ccc1N1CC[C@@H](O)C1. The van der Waals surface area contributed by atoms with Crippen LogP contribution in [0, 0.1) is 0 Å². The molecule has 19 heavy (non-hydrogen) atoms. The summed E-state index contributed by atoms with van der Waals surface area (Å²) >= 11 is 0. The van der Waals surface area contributed by atoms with Crippen LogP contribution in [-0.2, 0) is 6.18 Å². The smallest absolute Gasteiger partial charge is 0.416 e. The molecule has 0 aromatic heterocycles. The van der Waals surface area contributed by atoms with Crippen molar-refractivity contribution in [2.75, 3.05) is 18.0 Å². The highest BCUT2D eigenvalue weighted by Gasteiger charge is 2.33. The molecule has 1 aliphatic heterocycles. The molecule has 0 aliphatic carbocycles. The first-order valence-electron chi connectivity index (χ1n) is 5.66. The number of aliphatic hydroxyl groups is 1. The van der Waals surface area contributed by atoms with Gasteiger partial charge >= 0.3 is 12.1 Å². The lowest BCUT2D eigenvalue weighted by Gasteiger charge is -2.21. The fourth-order valence-corrected chi connectivity index (χ4v) is 2.12. The Morgan fingerprint density at radius 1 is 1.37 bits per heavy atom. The summed E-state index contributed by atoms with van der Waals surface area (Å²) in [5.74, 6) is -1.41. The molecule has 1 aromatic carbocycles. The number of hydrogen-bond donors (Lipinski definition) is 2. The first kappa shape index (κ1) is 13.7. The van der Waals surface area contributed by atoms with Gasteiger partial charge in [0.25, 0.3) is 0 Å². The molecule has 1 saturated heterocycles. The Bertz CT molecular complexity index is 501. The van der Waals surface area contributed by atoms with E-state index in [9.17, 15) is 23.1 Å². The second-order valence-electron chi connectivity index (χ2n) is 4.42. The molecule has 2 rings (SSSR count). The van der Waals surface area contributed by atoms with Crippen molar-refractivity contribution in [3.8, 4) is 0 Å². The van der Waals surface area contributed by atoms with E-state index in [-0.39, 0.29) is 12.2 Å². The van der Waals surface area contributed by atoms with Crippen LogP contribution in [0.25, 0.3) is 0 Å². The molecule has 4 nitrogen and oxygen atoms in total. The highest BCUT2D eigenvalue weighted by atomic mass is 19.4. The Morgan fingerprint density at radius 3 is 2.53 bits per heavy atom. The zero-order valence-corrected chi connectivity index (χ0v) is 9.81. The summed E-state index contributed by atoms with van der Waals surface area (Å²) in [5.41, 5.74) is -1.19. The number of β-amino-alcohol motifs (C(OH)–C–C–N with tert-alkyl or cyclic N) is 1. The van der Waals surface area contributed by atoms with Crippen LogP contribution >= 0.6 is 0 Å². The fourth-order valence-electron chi connectivity index (χ4n) is 2.12. The standard InChI is InChI=1S/C12H12F3NO3/c13-12(14,15)7-1-2-10(9(5-7)11(18)19)16-4-3-8(17)6-16/h1-2,5,8,17H,3-4,6H2,(H,18,19)/t8-/m1/s1. The van der Waals surface area contributed by atoms with Gasteiger partial charge in [0, 0.05) is 13.1 Å². The van der Waals surface area contributed by atoms with Gasteiger partial charge in [-0.15, -0.1) is 0 Å². The maximum absolute atomic E-state index is 12.6. The molecule has 0 spiro atoms. The van der Waals surface area contributed by atoms with E-state index in [1.807, 2.05) is 0 Å². The summed E-state index contributed by atoms with van der Waals surface area (Å²) in [6, 6.07) is 2.62. The van der Waals surface area contributed by atoms with E-state index in [2.05, 4.69) is 0 Å². The van der Waals surface area contributed by atoms with Gasteiger partial charge in [0.1, 0.15) is 0 Å². The second kappa shape index (κ2) is 4.73. The van der Waals surface area contributed by atoms with Crippen molar-refractivity contribution in [3.63, 3.8) is 0 Å². The van der Waals surface area contributed by atoms with E-state index in [0.29, 0.717) is 19.0 Å². The molecule has 0 unspecified atom stereocenters. The normalized spacial score (nSPS) is 19.8. The topological polar surface area (TPSA) is 60.8 Å². The number of halogens is 3. The zero-order chi connectivity index (χ0) is 14.2. The van der Waals surface area contributed by atoms with Crippen LogP contribution in [0.2, 0.25) is 0 Å². The van der Waals surface area contributed by atoms with Gasteiger partial charge in [-0.1, -0.05) is 0 Å². The summed E-state index contributed by atoms with van der Waals surface area (Å²) in [5, 5.41) is 18.4. The third-order valence-corrected chi connectivity index (χ3v) is 3.06. The number of hydrogen-bond acceptors (Lipinski definition) is 3. The van der Waals surface area contributed by atoms with Crippen molar-refractivity contribution >= 4 is 11.7 Å². The number of carboxylic acid groups (broad SMARTS) is 1. The second-order valence-corrected chi connectivity index (χ2v) is 4.42. The number of aromatic carboxylic acids is 1. The molecule has 1 fully saturated rings. The van der Waals surface area contributed by atoms with Crippen LogP contribution in [0.15, 0.2) is 18.2 Å². The first-order chi connectivity index (χ1) is 8.79. The van der Waals surface area contributed by atoms with Gasteiger partial charge in [-0.2, -0.15) is 13.2 Å². The lowest BCUT2D eigenvalue weighted by atomic mass is 10.1.